The van der Waals surface area contributed by atoms with E-state index in [-0.39, 0.29) is 11.5 Å². The van der Waals surface area contributed by atoms with E-state index < -0.39 is 11.4 Å². The molecular formula is C17H21FN4O2. The van der Waals surface area contributed by atoms with Gasteiger partial charge in [0.2, 0.25) is 5.91 Å². The van der Waals surface area contributed by atoms with Crippen LogP contribution in [0.25, 0.3) is 0 Å². The Hall–Kier alpha value is -2.01. The van der Waals surface area contributed by atoms with Crippen molar-refractivity contribution < 1.29 is 13.9 Å². The van der Waals surface area contributed by atoms with E-state index in [4.69, 9.17) is 15.7 Å². The van der Waals surface area contributed by atoms with Crippen LogP contribution < -0.4 is 5.73 Å². The molecule has 1 unspecified atom stereocenters. The molecule has 2 aliphatic heterocycles. The predicted octanol–water partition coefficient (Wildman–Crippen LogP) is 0.459. The van der Waals surface area contributed by atoms with Crippen LogP contribution in [0.3, 0.4) is 0 Å². The molecule has 1 atom stereocenters. The maximum absolute atomic E-state index is 13.7. The molecule has 0 radical (unpaired) electrons. The highest BCUT2D eigenvalue weighted by molar-refractivity contribution is 5.85. The minimum absolute atomic E-state index is 0.0632. The Morgan fingerprint density at radius 2 is 2.12 bits per heavy atom. The van der Waals surface area contributed by atoms with Crippen LogP contribution in [-0.2, 0) is 16.1 Å². The number of nitriles is 1. The molecule has 6 nitrogen and oxygen atoms in total. The number of carbonyl (C=O) groups is 1. The van der Waals surface area contributed by atoms with Crippen molar-refractivity contribution in [3.05, 3.63) is 35.1 Å². The molecule has 2 N–H and O–H groups in total. The number of rotatable bonds is 4. The molecule has 3 rings (SSSR count). The molecular weight excluding hydrogens is 311 g/mol. The Bertz CT molecular complexity index is 659. The van der Waals surface area contributed by atoms with Gasteiger partial charge in [-0.2, -0.15) is 5.26 Å². The van der Waals surface area contributed by atoms with E-state index in [0.717, 1.165) is 31.7 Å². The highest BCUT2D eigenvalue weighted by Gasteiger charge is 2.46. The number of halogens is 1. The average molecular weight is 332 g/mol. The summed E-state index contributed by atoms with van der Waals surface area (Å²) in [5.41, 5.74) is 5.85. The molecule has 2 heterocycles. The number of nitrogens with zero attached hydrogens (tertiary/aromatic N) is 3. The van der Waals surface area contributed by atoms with E-state index in [1.54, 1.807) is 6.07 Å². The van der Waals surface area contributed by atoms with Gasteiger partial charge >= 0.3 is 0 Å². The lowest BCUT2D eigenvalue weighted by Crippen LogP contribution is -2.63. The lowest BCUT2D eigenvalue weighted by molar-refractivity contribution is -0.132. The number of hydrogen-bond acceptors (Lipinski definition) is 5. The van der Waals surface area contributed by atoms with Gasteiger partial charge in [0.1, 0.15) is 17.4 Å². The fraction of sp³-hybridized carbons (Fsp3) is 0.529. The molecule has 2 aliphatic rings. The molecule has 128 valence electrons. The number of primary amides is 1. The smallest absolute Gasteiger partial charge is 0.240 e. The molecule has 1 aromatic carbocycles. The zero-order chi connectivity index (χ0) is 17.2. The number of benzene rings is 1. The van der Waals surface area contributed by atoms with Crippen molar-refractivity contribution in [1.29, 1.82) is 5.26 Å². The average Bonchev–Trinajstić information content (AvgIpc) is 3.07. The van der Waals surface area contributed by atoms with Gasteiger partial charge in [-0.25, -0.2) is 4.39 Å². The highest BCUT2D eigenvalue weighted by Crippen LogP contribution is 2.27. The van der Waals surface area contributed by atoms with Crippen molar-refractivity contribution in [3.63, 3.8) is 0 Å². The highest BCUT2D eigenvalue weighted by atomic mass is 19.1. The van der Waals surface area contributed by atoms with Crippen LogP contribution in [0.15, 0.2) is 18.2 Å². The first-order valence-corrected chi connectivity index (χ1v) is 8.09. The topological polar surface area (TPSA) is 82.6 Å². The maximum atomic E-state index is 13.7. The monoisotopic (exact) mass is 332 g/mol. The van der Waals surface area contributed by atoms with Crippen molar-refractivity contribution in [3.8, 4) is 6.07 Å². The van der Waals surface area contributed by atoms with Crippen molar-refractivity contribution in [2.75, 3.05) is 39.4 Å². The summed E-state index contributed by atoms with van der Waals surface area (Å²) in [4.78, 5) is 16.2. The first kappa shape index (κ1) is 16.8. The molecule has 2 saturated heterocycles. The number of amides is 1. The standard InChI is InChI=1S/C17H21FN4O2/c18-15-9-13(1-2-14(15)10-19)11-21-4-6-22(7-5-21)17(16(20)23)3-8-24-12-17/h1-2,9H,3-8,11-12H2,(H2,20,23). The second-order valence-electron chi connectivity index (χ2n) is 6.39. The van der Waals surface area contributed by atoms with Gasteiger partial charge in [-0.15, -0.1) is 0 Å². The molecule has 1 amide bonds. The van der Waals surface area contributed by atoms with Crippen molar-refractivity contribution in [2.45, 2.75) is 18.5 Å². The number of hydrogen-bond donors (Lipinski definition) is 1. The zero-order valence-corrected chi connectivity index (χ0v) is 13.5. The summed E-state index contributed by atoms with van der Waals surface area (Å²) < 4.78 is 19.1. The van der Waals surface area contributed by atoms with Crippen LogP contribution in [0.4, 0.5) is 4.39 Å². The van der Waals surface area contributed by atoms with E-state index in [9.17, 15) is 9.18 Å². The Balaban J connectivity index is 1.60. The van der Waals surface area contributed by atoms with E-state index in [0.29, 0.717) is 26.2 Å². The van der Waals surface area contributed by atoms with Gasteiger partial charge in [-0.05, 0) is 17.7 Å². The van der Waals surface area contributed by atoms with E-state index >= 15 is 0 Å². The van der Waals surface area contributed by atoms with Gasteiger partial charge in [0, 0.05) is 45.8 Å². The molecule has 24 heavy (non-hydrogen) atoms. The lowest BCUT2D eigenvalue weighted by Gasteiger charge is -2.43. The second-order valence-corrected chi connectivity index (χ2v) is 6.39. The van der Waals surface area contributed by atoms with Crippen LogP contribution in [0, 0.1) is 17.1 Å². The summed E-state index contributed by atoms with van der Waals surface area (Å²) in [6.07, 6.45) is 0.642. The van der Waals surface area contributed by atoms with Crippen LogP contribution in [0.5, 0.6) is 0 Å². The number of ether oxygens (including phenoxy) is 1. The van der Waals surface area contributed by atoms with Gasteiger partial charge in [0.25, 0.3) is 0 Å². The van der Waals surface area contributed by atoms with Crippen LogP contribution >= 0.6 is 0 Å². The summed E-state index contributed by atoms with van der Waals surface area (Å²) >= 11 is 0. The van der Waals surface area contributed by atoms with E-state index in [1.165, 1.54) is 12.1 Å². The predicted molar refractivity (Wildman–Crippen MR) is 85.3 cm³/mol. The van der Waals surface area contributed by atoms with Gasteiger partial charge in [0.15, 0.2) is 0 Å². The third-order valence-electron chi connectivity index (χ3n) is 5.00. The van der Waals surface area contributed by atoms with Crippen molar-refractivity contribution in [2.24, 2.45) is 5.73 Å². The molecule has 0 saturated carbocycles. The second kappa shape index (κ2) is 6.85. The Morgan fingerprint density at radius 1 is 1.38 bits per heavy atom. The first-order chi connectivity index (χ1) is 11.5. The number of carbonyl (C=O) groups excluding carboxylic acids is 1. The van der Waals surface area contributed by atoms with Crippen LogP contribution in [-0.4, -0.2) is 60.6 Å². The molecule has 1 aromatic rings. The minimum Gasteiger partial charge on any atom is -0.379 e. The van der Waals surface area contributed by atoms with Gasteiger partial charge in [0.05, 0.1) is 12.2 Å². The van der Waals surface area contributed by atoms with E-state index in [2.05, 4.69) is 9.80 Å². The molecule has 0 aromatic heterocycles. The Kier molecular flexibility index (Phi) is 4.81. The quantitative estimate of drug-likeness (QED) is 0.866. The molecule has 7 heteroatoms. The minimum atomic E-state index is -0.674. The molecule has 0 bridgehead atoms. The summed E-state index contributed by atoms with van der Waals surface area (Å²) in [7, 11) is 0. The Morgan fingerprint density at radius 3 is 2.67 bits per heavy atom. The van der Waals surface area contributed by atoms with Gasteiger partial charge < -0.3 is 10.5 Å². The van der Waals surface area contributed by atoms with Gasteiger partial charge in [-0.3, -0.25) is 14.6 Å². The third kappa shape index (κ3) is 3.13. The summed E-state index contributed by atoms with van der Waals surface area (Å²) in [6, 6.07) is 6.54. The molecule has 0 spiro atoms. The SMILES string of the molecule is N#Cc1ccc(CN2CCN(C3(C(N)=O)CCOC3)CC2)cc1F. The number of piperazine rings is 1. The fourth-order valence-corrected chi connectivity index (χ4v) is 3.49. The largest absolute Gasteiger partial charge is 0.379 e. The zero-order valence-electron chi connectivity index (χ0n) is 13.5. The summed E-state index contributed by atoms with van der Waals surface area (Å²) in [5, 5.41) is 8.78. The summed E-state index contributed by atoms with van der Waals surface area (Å²) in [6.45, 7) is 4.55. The first-order valence-electron chi connectivity index (χ1n) is 8.09. The van der Waals surface area contributed by atoms with Crippen LogP contribution in [0.1, 0.15) is 17.5 Å². The number of nitrogens with two attached hydrogens (primary N) is 1. The molecule has 2 fully saturated rings. The molecule has 0 aliphatic carbocycles. The maximum Gasteiger partial charge on any atom is 0.240 e. The lowest BCUT2D eigenvalue weighted by atomic mass is 9.94. The van der Waals surface area contributed by atoms with Crippen molar-refractivity contribution >= 4 is 5.91 Å². The third-order valence-corrected chi connectivity index (χ3v) is 5.00. The van der Waals surface area contributed by atoms with Crippen molar-refractivity contribution in [1.82, 2.24) is 9.80 Å². The Labute approximate surface area is 140 Å². The summed E-state index contributed by atoms with van der Waals surface area (Å²) in [5.74, 6) is -0.799. The van der Waals surface area contributed by atoms with E-state index in [1.807, 2.05) is 6.07 Å². The fourth-order valence-electron chi connectivity index (χ4n) is 3.49. The van der Waals surface area contributed by atoms with Gasteiger partial charge in [-0.1, -0.05) is 6.07 Å². The normalized spacial score (nSPS) is 25.5. The van der Waals surface area contributed by atoms with Crippen LogP contribution in [0.2, 0.25) is 0 Å².